The summed E-state index contributed by atoms with van der Waals surface area (Å²) in [6.07, 6.45) is 7.43. The molecule has 0 fully saturated rings. The predicted molar refractivity (Wildman–Crippen MR) is 106 cm³/mol. The molecule has 0 aliphatic heterocycles. The Balaban J connectivity index is 2.20. The van der Waals surface area contributed by atoms with Gasteiger partial charge in [0.15, 0.2) is 5.65 Å². The summed E-state index contributed by atoms with van der Waals surface area (Å²) >= 11 is 12.5. The van der Waals surface area contributed by atoms with Gasteiger partial charge in [-0.3, -0.25) is 0 Å². The molecular weight excluding hydrogens is 353 g/mol. The number of aromatic nitrogens is 3. The molecule has 2 aromatic heterocycles. The van der Waals surface area contributed by atoms with Gasteiger partial charge in [0.05, 0.1) is 16.4 Å². The lowest BCUT2D eigenvalue weighted by molar-refractivity contribution is 0.715. The average Bonchev–Trinajstić information content (AvgIpc) is 2.94. The monoisotopic (exact) mass is 375 g/mol. The highest BCUT2D eigenvalue weighted by Crippen LogP contribution is 2.33. The lowest BCUT2D eigenvalue weighted by atomic mass is 10.1. The maximum atomic E-state index is 6.47. The van der Waals surface area contributed by atoms with Gasteiger partial charge in [-0.25, -0.2) is 9.50 Å². The van der Waals surface area contributed by atoms with Gasteiger partial charge in [-0.2, -0.15) is 5.10 Å². The molecule has 3 rings (SSSR count). The number of benzene rings is 1. The zero-order chi connectivity index (χ0) is 18.0. The van der Waals surface area contributed by atoms with Crippen LogP contribution in [0.3, 0.4) is 0 Å². The van der Waals surface area contributed by atoms with Gasteiger partial charge in [0.2, 0.25) is 0 Å². The molecule has 0 amide bonds. The predicted octanol–water partition coefficient (Wildman–Crippen LogP) is 6.31. The van der Waals surface area contributed by atoms with Gasteiger partial charge in [-0.05, 0) is 49.9 Å². The van der Waals surface area contributed by atoms with Crippen LogP contribution in [0.4, 0.5) is 0 Å². The number of hydrogen-bond acceptors (Lipinski definition) is 2. The number of hydrogen-bond donors (Lipinski definition) is 0. The van der Waals surface area contributed by atoms with E-state index in [1.165, 1.54) is 18.4 Å². The molecule has 0 saturated carbocycles. The fourth-order valence-corrected chi connectivity index (χ4v) is 3.76. The third-order valence-corrected chi connectivity index (χ3v) is 5.10. The van der Waals surface area contributed by atoms with E-state index in [-0.39, 0.29) is 0 Å². The molecule has 0 unspecified atom stereocenters. The summed E-state index contributed by atoms with van der Waals surface area (Å²) in [7, 11) is 0. The van der Waals surface area contributed by atoms with Crippen LogP contribution in [0.2, 0.25) is 10.0 Å². The smallest absolute Gasteiger partial charge is 0.159 e. The molecule has 5 heteroatoms. The summed E-state index contributed by atoms with van der Waals surface area (Å²) in [6.45, 7) is 6.41. The van der Waals surface area contributed by atoms with E-state index < -0.39 is 0 Å². The Kier molecular flexibility index (Phi) is 5.65. The molecule has 0 atom stereocenters. The molecule has 0 aliphatic carbocycles. The Morgan fingerprint density at radius 3 is 2.60 bits per heavy atom. The Bertz CT molecular complexity index is 900. The number of rotatable bonds is 6. The largest absolute Gasteiger partial charge is 0.236 e. The third-order valence-electron chi connectivity index (χ3n) is 4.56. The van der Waals surface area contributed by atoms with E-state index in [1.54, 1.807) is 6.07 Å². The van der Waals surface area contributed by atoms with Crippen LogP contribution in [0, 0.1) is 6.92 Å². The average molecular weight is 376 g/mol. The first-order valence-electron chi connectivity index (χ1n) is 8.88. The number of aryl methyl sites for hydroxylation is 3. The van der Waals surface area contributed by atoms with Crippen molar-refractivity contribution in [3.8, 4) is 11.3 Å². The van der Waals surface area contributed by atoms with Gasteiger partial charge in [0.25, 0.3) is 0 Å². The summed E-state index contributed by atoms with van der Waals surface area (Å²) in [5.74, 6) is 0. The maximum Gasteiger partial charge on any atom is 0.159 e. The van der Waals surface area contributed by atoms with Gasteiger partial charge in [0, 0.05) is 22.3 Å². The molecule has 0 radical (unpaired) electrons. The number of unbranched alkanes of at least 4 members (excludes halogenated alkanes) is 2. The van der Waals surface area contributed by atoms with Crippen molar-refractivity contribution in [2.24, 2.45) is 0 Å². The van der Waals surface area contributed by atoms with E-state index in [9.17, 15) is 0 Å². The topological polar surface area (TPSA) is 30.2 Å². The lowest BCUT2D eigenvalue weighted by Gasteiger charge is -2.11. The second-order valence-corrected chi connectivity index (χ2v) is 7.23. The van der Waals surface area contributed by atoms with Crippen molar-refractivity contribution in [3.63, 3.8) is 0 Å². The molecule has 0 N–H and O–H groups in total. The molecule has 2 heterocycles. The highest BCUT2D eigenvalue weighted by molar-refractivity contribution is 6.36. The first-order chi connectivity index (χ1) is 12.1. The molecule has 132 valence electrons. The van der Waals surface area contributed by atoms with E-state index in [0.717, 1.165) is 47.4 Å². The van der Waals surface area contributed by atoms with Crippen molar-refractivity contribution in [2.45, 2.75) is 52.9 Å². The molecule has 0 saturated heterocycles. The highest BCUT2D eigenvalue weighted by atomic mass is 35.5. The molecule has 0 bridgehead atoms. The quantitative estimate of drug-likeness (QED) is 0.472. The van der Waals surface area contributed by atoms with Gasteiger partial charge >= 0.3 is 0 Å². The van der Waals surface area contributed by atoms with Crippen LogP contribution in [-0.2, 0) is 12.8 Å². The Labute approximate surface area is 159 Å². The highest BCUT2D eigenvalue weighted by Gasteiger charge is 2.18. The summed E-state index contributed by atoms with van der Waals surface area (Å²) in [6, 6.07) is 5.59. The van der Waals surface area contributed by atoms with Gasteiger partial charge < -0.3 is 0 Å². The fourth-order valence-electron chi connectivity index (χ4n) is 3.26. The molecule has 25 heavy (non-hydrogen) atoms. The Morgan fingerprint density at radius 1 is 1.12 bits per heavy atom. The zero-order valence-electron chi connectivity index (χ0n) is 14.9. The molecule has 3 aromatic rings. The van der Waals surface area contributed by atoms with Gasteiger partial charge in [-0.1, -0.05) is 49.9 Å². The van der Waals surface area contributed by atoms with Crippen LogP contribution in [0.1, 0.15) is 49.9 Å². The Hall–Kier alpha value is -1.58. The van der Waals surface area contributed by atoms with Crippen LogP contribution in [0.5, 0.6) is 0 Å². The van der Waals surface area contributed by atoms with E-state index in [0.29, 0.717) is 10.0 Å². The molecule has 3 nitrogen and oxygen atoms in total. The minimum atomic E-state index is 0.629. The molecular formula is C20H23Cl2N3. The van der Waals surface area contributed by atoms with E-state index in [4.69, 9.17) is 33.3 Å². The van der Waals surface area contributed by atoms with Gasteiger partial charge in [-0.15, -0.1) is 0 Å². The Morgan fingerprint density at radius 2 is 1.92 bits per heavy atom. The second-order valence-electron chi connectivity index (χ2n) is 6.39. The van der Waals surface area contributed by atoms with Crippen molar-refractivity contribution in [1.82, 2.24) is 14.6 Å². The van der Waals surface area contributed by atoms with E-state index >= 15 is 0 Å². The maximum absolute atomic E-state index is 6.47. The van der Waals surface area contributed by atoms with Crippen molar-refractivity contribution in [3.05, 3.63) is 51.3 Å². The zero-order valence-corrected chi connectivity index (χ0v) is 16.5. The van der Waals surface area contributed by atoms with Crippen LogP contribution < -0.4 is 0 Å². The van der Waals surface area contributed by atoms with Crippen molar-refractivity contribution in [2.75, 3.05) is 0 Å². The van der Waals surface area contributed by atoms with Crippen molar-refractivity contribution < 1.29 is 0 Å². The molecule has 0 spiro atoms. The third kappa shape index (κ3) is 3.54. The van der Waals surface area contributed by atoms with E-state index in [1.807, 2.05) is 29.8 Å². The van der Waals surface area contributed by atoms with Crippen LogP contribution in [0.25, 0.3) is 16.9 Å². The van der Waals surface area contributed by atoms with Crippen molar-refractivity contribution in [1.29, 1.82) is 0 Å². The molecule has 0 aliphatic rings. The summed E-state index contributed by atoms with van der Waals surface area (Å²) in [4.78, 5) is 4.69. The lowest BCUT2D eigenvalue weighted by Crippen LogP contribution is -2.00. The first kappa shape index (κ1) is 18.2. The minimum Gasteiger partial charge on any atom is -0.236 e. The van der Waals surface area contributed by atoms with Crippen LogP contribution >= 0.6 is 23.2 Å². The minimum absolute atomic E-state index is 0.629. The molecule has 1 aromatic carbocycles. The first-order valence-corrected chi connectivity index (χ1v) is 9.63. The SMILES string of the molecule is CCCCCc1c(CC)nn2c(-c3ccc(Cl)cc3Cl)c(C)cnc12. The number of nitrogens with zero attached hydrogens (tertiary/aromatic N) is 3. The number of fused-ring (bicyclic) bond motifs is 1. The van der Waals surface area contributed by atoms with Gasteiger partial charge in [0.1, 0.15) is 0 Å². The van der Waals surface area contributed by atoms with Crippen LogP contribution in [-0.4, -0.2) is 14.6 Å². The summed E-state index contributed by atoms with van der Waals surface area (Å²) in [5.41, 5.74) is 6.30. The second kappa shape index (κ2) is 7.76. The fraction of sp³-hybridized carbons (Fsp3) is 0.400. The summed E-state index contributed by atoms with van der Waals surface area (Å²) in [5, 5.41) is 6.13. The van der Waals surface area contributed by atoms with E-state index in [2.05, 4.69) is 13.8 Å². The number of halogens is 2. The van der Waals surface area contributed by atoms with Crippen molar-refractivity contribution >= 4 is 28.8 Å². The van der Waals surface area contributed by atoms with Crippen LogP contribution in [0.15, 0.2) is 24.4 Å². The normalized spacial score (nSPS) is 11.4. The summed E-state index contributed by atoms with van der Waals surface area (Å²) < 4.78 is 1.96. The standard InChI is InChI=1S/C20H23Cl2N3/c1-4-6-7-8-16-18(5-2)24-25-19(13(3)12-23-20(16)25)15-10-9-14(21)11-17(15)22/h9-12H,4-8H2,1-3H3.